The highest BCUT2D eigenvalue weighted by atomic mass is 32.1. The van der Waals surface area contributed by atoms with Gasteiger partial charge in [0.15, 0.2) is 5.96 Å². The molecule has 0 unspecified atom stereocenters. The Morgan fingerprint density at radius 3 is 2.86 bits per heavy atom. The zero-order valence-electron chi connectivity index (χ0n) is 12.9. The van der Waals surface area contributed by atoms with Gasteiger partial charge in [-0.3, -0.25) is 0 Å². The summed E-state index contributed by atoms with van der Waals surface area (Å²) < 4.78 is 13.2. The van der Waals surface area contributed by atoms with E-state index >= 15 is 0 Å². The lowest BCUT2D eigenvalue weighted by Crippen LogP contribution is -2.36. The van der Waals surface area contributed by atoms with E-state index in [-0.39, 0.29) is 5.82 Å². The maximum atomic E-state index is 13.2. The highest BCUT2D eigenvalue weighted by Crippen LogP contribution is 2.09. The number of nitrogens with zero attached hydrogens (tertiary/aromatic N) is 2. The SMILES string of the molecule is CCNC(=NCc1cccc(F)c1)NCc1csc(CC)n1. The molecular weight excluding hydrogens is 299 g/mol. The first-order valence-electron chi connectivity index (χ1n) is 7.41. The maximum Gasteiger partial charge on any atom is 0.191 e. The number of benzene rings is 1. The van der Waals surface area contributed by atoms with E-state index < -0.39 is 0 Å². The normalized spacial score (nSPS) is 11.5. The molecule has 1 heterocycles. The third kappa shape index (κ3) is 5.11. The third-order valence-corrected chi connectivity index (χ3v) is 4.03. The zero-order valence-corrected chi connectivity index (χ0v) is 13.7. The lowest BCUT2D eigenvalue weighted by Gasteiger charge is -2.10. The number of hydrogen-bond acceptors (Lipinski definition) is 3. The number of thiazole rings is 1. The molecule has 0 bridgehead atoms. The molecule has 0 saturated heterocycles. The van der Waals surface area contributed by atoms with Gasteiger partial charge >= 0.3 is 0 Å². The summed E-state index contributed by atoms with van der Waals surface area (Å²) in [7, 11) is 0. The molecule has 6 heteroatoms. The lowest BCUT2D eigenvalue weighted by atomic mass is 10.2. The second kappa shape index (κ2) is 8.48. The molecular formula is C16H21FN4S. The number of rotatable bonds is 6. The molecule has 1 aromatic heterocycles. The number of halogens is 1. The van der Waals surface area contributed by atoms with Crippen molar-refractivity contribution in [3.8, 4) is 0 Å². The fourth-order valence-corrected chi connectivity index (χ4v) is 2.66. The van der Waals surface area contributed by atoms with E-state index in [1.54, 1.807) is 17.4 Å². The fourth-order valence-electron chi connectivity index (χ4n) is 1.91. The van der Waals surface area contributed by atoms with E-state index in [2.05, 4.69) is 32.9 Å². The van der Waals surface area contributed by atoms with Crippen molar-refractivity contribution in [2.24, 2.45) is 4.99 Å². The van der Waals surface area contributed by atoms with Gasteiger partial charge in [-0.25, -0.2) is 14.4 Å². The highest BCUT2D eigenvalue weighted by Gasteiger charge is 2.02. The summed E-state index contributed by atoms with van der Waals surface area (Å²) in [6.45, 7) is 5.94. The van der Waals surface area contributed by atoms with Gasteiger partial charge in [0.25, 0.3) is 0 Å². The molecule has 4 nitrogen and oxygen atoms in total. The largest absolute Gasteiger partial charge is 0.357 e. The summed E-state index contributed by atoms with van der Waals surface area (Å²) in [5.41, 5.74) is 1.86. The van der Waals surface area contributed by atoms with Crippen molar-refractivity contribution < 1.29 is 4.39 Å². The molecule has 0 spiro atoms. The first-order valence-corrected chi connectivity index (χ1v) is 8.29. The van der Waals surface area contributed by atoms with E-state index in [0.29, 0.717) is 19.0 Å². The second-order valence-electron chi connectivity index (χ2n) is 4.76. The van der Waals surface area contributed by atoms with Gasteiger partial charge in [-0.1, -0.05) is 19.1 Å². The molecule has 2 N–H and O–H groups in total. The molecule has 0 radical (unpaired) electrons. The van der Waals surface area contributed by atoms with Gasteiger partial charge in [0.2, 0.25) is 0 Å². The summed E-state index contributed by atoms with van der Waals surface area (Å²) in [5, 5.41) is 9.62. The van der Waals surface area contributed by atoms with E-state index in [9.17, 15) is 4.39 Å². The van der Waals surface area contributed by atoms with Gasteiger partial charge in [-0.2, -0.15) is 0 Å². The van der Waals surface area contributed by atoms with Crippen LogP contribution in [0.3, 0.4) is 0 Å². The number of aryl methyl sites for hydroxylation is 1. The van der Waals surface area contributed by atoms with Gasteiger partial charge < -0.3 is 10.6 Å². The predicted molar refractivity (Wildman–Crippen MR) is 89.5 cm³/mol. The summed E-state index contributed by atoms with van der Waals surface area (Å²) in [5.74, 6) is 0.470. The zero-order chi connectivity index (χ0) is 15.8. The summed E-state index contributed by atoms with van der Waals surface area (Å²) >= 11 is 1.67. The first-order chi connectivity index (χ1) is 10.7. The molecule has 0 aliphatic rings. The number of hydrogen-bond donors (Lipinski definition) is 2. The van der Waals surface area contributed by atoms with Crippen LogP contribution >= 0.6 is 11.3 Å². The average molecular weight is 320 g/mol. The van der Waals surface area contributed by atoms with Crippen LogP contribution in [0, 0.1) is 5.82 Å². The van der Waals surface area contributed by atoms with Crippen molar-refractivity contribution in [2.75, 3.05) is 6.54 Å². The fraction of sp³-hybridized carbons (Fsp3) is 0.375. The van der Waals surface area contributed by atoms with Gasteiger partial charge in [-0.05, 0) is 31.0 Å². The molecule has 2 aromatic rings. The molecule has 0 saturated carbocycles. The molecule has 0 atom stereocenters. The highest BCUT2D eigenvalue weighted by molar-refractivity contribution is 7.09. The molecule has 1 aromatic carbocycles. The van der Waals surface area contributed by atoms with Crippen molar-refractivity contribution in [3.05, 3.63) is 51.7 Å². The van der Waals surface area contributed by atoms with Crippen LogP contribution in [-0.4, -0.2) is 17.5 Å². The number of nitrogens with one attached hydrogen (secondary N) is 2. The van der Waals surface area contributed by atoms with Crippen molar-refractivity contribution in [1.29, 1.82) is 0 Å². The Labute approximate surface area is 134 Å². The number of aliphatic imine (C=N–C) groups is 1. The smallest absolute Gasteiger partial charge is 0.191 e. The minimum absolute atomic E-state index is 0.236. The Hall–Kier alpha value is -1.95. The van der Waals surface area contributed by atoms with Crippen molar-refractivity contribution in [3.63, 3.8) is 0 Å². The summed E-state index contributed by atoms with van der Waals surface area (Å²) in [6.07, 6.45) is 0.957. The Balaban J connectivity index is 1.94. The Morgan fingerprint density at radius 1 is 1.32 bits per heavy atom. The number of aromatic nitrogens is 1. The monoisotopic (exact) mass is 320 g/mol. The molecule has 2 rings (SSSR count). The third-order valence-electron chi connectivity index (χ3n) is 2.99. The first kappa shape index (κ1) is 16.4. The van der Waals surface area contributed by atoms with Crippen LogP contribution in [0.4, 0.5) is 4.39 Å². The van der Waals surface area contributed by atoms with Crippen LogP contribution in [0.15, 0.2) is 34.6 Å². The van der Waals surface area contributed by atoms with Crippen LogP contribution in [0.1, 0.15) is 30.1 Å². The molecule has 118 valence electrons. The van der Waals surface area contributed by atoms with Gasteiger partial charge in [0.1, 0.15) is 5.82 Å². The van der Waals surface area contributed by atoms with E-state index in [4.69, 9.17) is 0 Å². The Kier molecular flexibility index (Phi) is 6.33. The summed E-state index contributed by atoms with van der Waals surface area (Å²) in [6, 6.07) is 6.50. The quantitative estimate of drug-likeness (QED) is 0.635. The van der Waals surface area contributed by atoms with Crippen molar-refractivity contribution in [1.82, 2.24) is 15.6 Å². The average Bonchev–Trinajstić information content (AvgIpc) is 2.98. The van der Waals surface area contributed by atoms with Crippen LogP contribution < -0.4 is 10.6 Å². The minimum Gasteiger partial charge on any atom is -0.357 e. The van der Waals surface area contributed by atoms with Crippen LogP contribution in [0.2, 0.25) is 0 Å². The second-order valence-corrected chi connectivity index (χ2v) is 5.71. The predicted octanol–water partition coefficient (Wildman–Crippen LogP) is 3.10. The molecule has 22 heavy (non-hydrogen) atoms. The standard InChI is InChI=1S/C16H21FN4S/c1-3-15-21-14(11-22-15)10-20-16(18-4-2)19-9-12-6-5-7-13(17)8-12/h5-8,11H,3-4,9-10H2,1-2H3,(H2,18,19,20). The molecule has 0 amide bonds. The Morgan fingerprint density at radius 2 is 2.18 bits per heavy atom. The van der Waals surface area contributed by atoms with E-state index in [0.717, 1.165) is 29.2 Å². The minimum atomic E-state index is -0.236. The van der Waals surface area contributed by atoms with Crippen molar-refractivity contribution in [2.45, 2.75) is 33.4 Å². The van der Waals surface area contributed by atoms with E-state index in [1.165, 1.54) is 12.1 Å². The molecule has 0 aliphatic heterocycles. The van der Waals surface area contributed by atoms with Crippen LogP contribution in [-0.2, 0) is 19.5 Å². The van der Waals surface area contributed by atoms with Gasteiger partial charge in [-0.15, -0.1) is 11.3 Å². The van der Waals surface area contributed by atoms with Crippen LogP contribution in [0.5, 0.6) is 0 Å². The maximum absolute atomic E-state index is 13.2. The molecule has 0 fully saturated rings. The molecule has 0 aliphatic carbocycles. The van der Waals surface area contributed by atoms with Crippen molar-refractivity contribution >= 4 is 17.3 Å². The Bertz CT molecular complexity index is 624. The summed E-state index contributed by atoms with van der Waals surface area (Å²) in [4.78, 5) is 8.98. The van der Waals surface area contributed by atoms with Gasteiger partial charge in [0.05, 0.1) is 23.8 Å². The van der Waals surface area contributed by atoms with Gasteiger partial charge in [0, 0.05) is 11.9 Å². The number of guanidine groups is 1. The topological polar surface area (TPSA) is 49.3 Å². The lowest BCUT2D eigenvalue weighted by molar-refractivity contribution is 0.625. The van der Waals surface area contributed by atoms with Crippen LogP contribution in [0.25, 0.3) is 0 Å². The van der Waals surface area contributed by atoms with E-state index in [1.807, 2.05) is 13.0 Å².